The summed E-state index contributed by atoms with van der Waals surface area (Å²) in [7, 11) is 4.05. The molecule has 0 saturated carbocycles. The fourth-order valence-electron chi connectivity index (χ4n) is 0.390. The molecule has 0 aromatic carbocycles. The van der Waals surface area contributed by atoms with E-state index in [2.05, 4.69) is 16.8 Å². The third kappa shape index (κ3) is 5.66. The Morgan fingerprint density at radius 3 is 2.62 bits per heavy atom. The molecule has 0 aromatic rings. The van der Waals surface area contributed by atoms with E-state index in [1.807, 2.05) is 20.2 Å². The van der Waals surface area contributed by atoms with Crippen molar-refractivity contribution in [2.45, 2.75) is 0 Å². The largest absolute Gasteiger partial charge is 0.301 e. The minimum atomic E-state index is 0.887. The van der Waals surface area contributed by atoms with Gasteiger partial charge in [-0.25, -0.2) is 0 Å². The molecule has 0 saturated heterocycles. The number of hydrogen-bond donors (Lipinski definition) is 1. The van der Waals surface area contributed by atoms with Gasteiger partial charge in [0, 0.05) is 13.2 Å². The Bertz CT molecular complexity index is 59.5. The van der Waals surface area contributed by atoms with Crippen LogP contribution in [-0.2, 0) is 0 Å². The molecule has 0 aliphatic carbocycles. The van der Waals surface area contributed by atoms with Crippen LogP contribution in [0.15, 0.2) is 12.7 Å². The van der Waals surface area contributed by atoms with E-state index in [1.54, 1.807) is 0 Å². The summed E-state index contributed by atoms with van der Waals surface area (Å²) in [6.07, 6.45) is 1.85. The van der Waals surface area contributed by atoms with Crippen molar-refractivity contribution >= 4 is 0 Å². The van der Waals surface area contributed by atoms with Gasteiger partial charge in [0.15, 0.2) is 0 Å². The van der Waals surface area contributed by atoms with Crippen molar-refractivity contribution in [3.8, 4) is 0 Å². The topological polar surface area (TPSA) is 15.3 Å². The Balaban J connectivity index is 2.81. The maximum atomic E-state index is 3.58. The van der Waals surface area contributed by atoms with Gasteiger partial charge in [0.2, 0.25) is 0 Å². The van der Waals surface area contributed by atoms with E-state index in [4.69, 9.17) is 0 Å². The zero-order chi connectivity index (χ0) is 6.41. The SMILES string of the molecule is C=CCNCN(C)C. The van der Waals surface area contributed by atoms with Crippen molar-refractivity contribution in [1.29, 1.82) is 0 Å². The van der Waals surface area contributed by atoms with Gasteiger partial charge < -0.3 is 5.32 Å². The molecule has 0 atom stereocenters. The predicted molar refractivity (Wildman–Crippen MR) is 36.8 cm³/mol. The second-order valence-electron chi connectivity index (χ2n) is 1.98. The number of hydrogen-bond acceptors (Lipinski definition) is 2. The van der Waals surface area contributed by atoms with Gasteiger partial charge in [-0.15, -0.1) is 6.58 Å². The van der Waals surface area contributed by atoms with Crippen LogP contribution >= 0.6 is 0 Å². The first-order valence-corrected chi connectivity index (χ1v) is 2.73. The van der Waals surface area contributed by atoms with Crippen LogP contribution in [0.5, 0.6) is 0 Å². The summed E-state index contributed by atoms with van der Waals surface area (Å²) >= 11 is 0. The van der Waals surface area contributed by atoms with Crippen LogP contribution in [0, 0.1) is 0 Å². The Morgan fingerprint density at radius 1 is 1.62 bits per heavy atom. The number of rotatable bonds is 4. The second-order valence-corrected chi connectivity index (χ2v) is 1.98. The molecule has 0 bridgehead atoms. The first-order valence-electron chi connectivity index (χ1n) is 2.73. The third-order valence-corrected chi connectivity index (χ3v) is 0.717. The lowest BCUT2D eigenvalue weighted by Crippen LogP contribution is -2.27. The molecule has 0 amide bonds. The van der Waals surface area contributed by atoms with Crippen molar-refractivity contribution in [3.05, 3.63) is 12.7 Å². The molecule has 0 rings (SSSR count). The van der Waals surface area contributed by atoms with Crippen LogP contribution in [0.2, 0.25) is 0 Å². The van der Waals surface area contributed by atoms with Gasteiger partial charge in [-0.05, 0) is 14.1 Å². The van der Waals surface area contributed by atoms with Gasteiger partial charge >= 0.3 is 0 Å². The van der Waals surface area contributed by atoms with Crippen LogP contribution in [0.3, 0.4) is 0 Å². The molecule has 8 heavy (non-hydrogen) atoms. The maximum absolute atomic E-state index is 3.58. The van der Waals surface area contributed by atoms with E-state index in [-0.39, 0.29) is 0 Å². The van der Waals surface area contributed by atoms with Crippen LogP contribution in [0.1, 0.15) is 0 Å². The van der Waals surface area contributed by atoms with Crippen LogP contribution < -0.4 is 5.32 Å². The van der Waals surface area contributed by atoms with E-state index in [0.717, 1.165) is 13.2 Å². The predicted octanol–water partition coefficient (Wildman–Crippen LogP) is 0.281. The lowest BCUT2D eigenvalue weighted by Gasteiger charge is -2.08. The summed E-state index contributed by atoms with van der Waals surface area (Å²) in [6.45, 7) is 5.39. The normalized spacial score (nSPS) is 9.88. The van der Waals surface area contributed by atoms with Crippen molar-refractivity contribution < 1.29 is 0 Å². The highest BCUT2D eigenvalue weighted by Crippen LogP contribution is 1.66. The van der Waals surface area contributed by atoms with Gasteiger partial charge in [-0.3, -0.25) is 4.90 Å². The smallest absolute Gasteiger partial charge is 0.0477 e. The Kier molecular flexibility index (Phi) is 4.61. The minimum Gasteiger partial charge on any atom is -0.301 e. The zero-order valence-electron chi connectivity index (χ0n) is 5.65. The molecule has 0 fully saturated rings. The molecular formula is C6H14N2. The highest BCUT2D eigenvalue weighted by atomic mass is 15.2. The average molecular weight is 114 g/mol. The summed E-state index contributed by atoms with van der Waals surface area (Å²) in [5, 5.41) is 3.14. The summed E-state index contributed by atoms with van der Waals surface area (Å²) in [5.74, 6) is 0. The van der Waals surface area contributed by atoms with Crippen molar-refractivity contribution in [1.82, 2.24) is 10.2 Å². The minimum absolute atomic E-state index is 0.887. The quantitative estimate of drug-likeness (QED) is 0.321. The first-order chi connectivity index (χ1) is 3.77. The molecule has 0 unspecified atom stereocenters. The van der Waals surface area contributed by atoms with Crippen molar-refractivity contribution in [2.75, 3.05) is 27.3 Å². The van der Waals surface area contributed by atoms with Gasteiger partial charge in [-0.1, -0.05) is 6.08 Å². The molecule has 0 aliphatic rings. The maximum Gasteiger partial charge on any atom is 0.0477 e. The standard InChI is InChI=1S/C6H14N2/c1-4-5-7-6-8(2)3/h4,7H,1,5-6H2,2-3H3. The van der Waals surface area contributed by atoms with E-state index in [1.165, 1.54) is 0 Å². The molecule has 2 heteroatoms. The van der Waals surface area contributed by atoms with Crippen LogP contribution in [-0.4, -0.2) is 32.2 Å². The van der Waals surface area contributed by atoms with Crippen LogP contribution in [0.25, 0.3) is 0 Å². The summed E-state index contributed by atoms with van der Waals surface area (Å²) < 4.78 is 0. The Labute approximate surface area is 51.2 Å². The molecule has 2 nitrogen and oxygen atoms in total. The summed E-state index contributed by atoms with van der Waals surface area (Å²) in [6, 6.07) is 0. The molecule has 0 aliphatic heterocycles. The van der Waals surface area contributed by atoms with E-state index < -0.39 is 0 Å². The Hall–Kier alpha value is -0.340. The molecular weight excluding hydrogens is 100 g/mol. The molecule has 0 heterocycles. The summed E-state index contributed by atoms with van der Waals surface area (Å²) in [5.41, 5.74) is 0. The lowest BCUT2D eigenvalue weighted by atomic mass is 10.6. The number of nitrogens with zero attached hydrogens (tertiary/aromatic N) is 1. The van der Waals surface area contributed by atoms with E-state index in [9.17, 15) is 0 Å². The average Bonchev–Trinajstić information content (AvgIpc) is 1.66. The third-order valence-electron chi connectivity index (χ3n) is 0.717. The van der Waals surface area contributed by atoms with Gasteiger partial charge in [-0.2, -0.15) is 0 Å². The second kappa shape index (κ2) is 4.81. The van der Waals surface area contributed by atoms with E-state index in [0.29, 0.717) is 0 Å². The van der Waals surface area contributed by atoms with Crippen molar-refractivity contribution in [2.24, 2.45) is 0 Å². The van der Waals surface area contributed by atoms with E-state index >= 15 is 0 Å². The van der Waals surface area contributed by atoms with Gasteiger partial charge in [0.05, 0.1) is 0 Å². The molecule has 1 N–H and O–H groups in total. The summed E-state index contributed by atoms with van der Waals surface area (Å²) in [4.78, 5) is 2.07. The fourth-order valence-corrected chi connectivity index (χ4v) is 0.390. The van der Waals surface area contributed by atoms with Gasteiger partial charge in [0.25, 0.3) is 0 Å². The van der Waals surface area contributed by atoms with Crippen molar-refractivity contribution in [3.63, 3.8) is 0 Å². The molecule has 0 radical (unpaired) electrons. The molecule has 48 valence electrons. The molecule has 0 spiro atoms. The van der Waals surface area contributed by atoms with Gasteiger partial charge in [0.1, 0.15) is 0 Å². The lowest BCUT2D eigenvalue weighted by molar-refractivity contribution is 0.377. The Morgan fingerprint density at radius 2 is 2.25 bits per heavy atom. The highest BCUT2D eigenvalue weighted by Gasteiger charge is 1.82. The zero-order valence-corrected chi connectivity index (χ0v) is 5.65. The number of nitrogens with one attached hydrogen (secondary N) is 1. The highest BCUT2D eigenvalue weighted by molar-refractivity contribution is 4.68. The first kappa shape index (κ1) is 7.66. The monoisotopic (exact) mass is 114 g/mol. The fraction of sp³-hybridized carbons (Fsp3) is 0.667. The van der Waals surface area contributed by atoms with Crippen LogP contribution in [0.4, 0.5) is 0 Å². The molecule has 0 aromatic heterocycles.